The van der Waals surface area contributed by atoms with Crippen LogP contribution in [0.15, 0.2) is 18.2 Å². The topological polar surface area (TPSA) is 57.5 Å². The highest BCUT2D eigenvalue weighted by atomic mass is 35.5. The molecule has 4 heteroatoms. The van der Waals surface area contributed by atoms with Crippen LogP contribution in [0.3, 0.4) is 0 Å². The number of aryl methyl sites for hydroxylation is 1. The molecule has 0 aromatic heterocycles. The summed E-state index contributed by atoms with van der Waals surface area (Å²) in [6, 6.07) is 5.20. The van der Waals surface area contributed by atoms with Crippen molar-refractivity contribution in [3.63, 3.8) is 0 Å². The highest BCUT2D eigenvalue weighted by Gasteiger charge is 2.08. The lowest BCUT2D eigenvalue weighted by Gasteiger charge is -2.09. The Kier molecular flexibility index (Phi) is 4.12. The Bertz CT molecular complexity index is 361. The smallest absolute Gasteiger partial charge is 0.303 e. The summed E-state index contributed by atoms with van der Waals surface area (Å²) >= 11 is 5.88. The Morgan fingerprint density at radius 2 is 2.20 bits per heavy atom. The highest BCUT2D eigenvalue weighted by molar-refractivity contribution is 6.31. The maximum absolute atomic E-state index is 10.4. The molecule has 0 saturated carbocycles. The molecule has 0 unspecified atom stereocenters. The maximum atomic E-state index is 10.4. The van der Waals surface area contributed by atoms with Crippen LogP contribution in [-0.4, -0.2) is 16.2 Å². The van der Waals surface area contributed by atoms with E-state index in [9.17, 15) is 9.90 Å². The quantitative estimate of drug-likeness (QED) is 0.832. The van der Waals surface area contributed by atoms with E-state index in [0.29, 0.717) is 17.0 Å². The first-order valence-corrected chi connectivity index (χ1v) is 5.06. The molecule has 3 nitrogen and oxygen atoms in total. The molecular weight excluding hydrogens is 216 g/mol. The third kappa shape index (κ3) is 3.53. The second kappa shape index (κ2) is 5.14. The Morgan fingerprint density at radius 1 is 1.53 bits per heavy atom. The zero-order valence-corrected chi connectivity index (χ0v) is 9.16. The van der Waals surface area contributed by atoms with Gasteiger partial charge >= 0.3 is 5.97 Å². The van der Waals surface area contributed by atoms with E-state index in [1.54, 1.807) is 25.1 Å². The standard InChI is InChI=1S/C11H13ClO3/c1-7(13)9-6-8(2-4-10(9)12)3-5-11(14)15/h2,4,6-7,13H,3,5H2,1H3,(H,14,15)/t7-/m0/s1. The van der Waals surface area contributed by atoms with E-state index in [4.69, 9.17) is 16.7 Å². The van der Waals surface area contributed by atoms with Crippen molar-refractivity contribution in [3.05, 3.63) is 34.3 Å². The maximum Gasteiger partial charge on any atom is 0.303 e. The number of aliphatic hydroxyl groups excluding tert-OH is 1. The molecule has 82 valence electrons. The van der Waals surface area contributed by atoms with Crippen LogP contribution in [-0.2, 0) is 11.2 Å². The predicted octanol–water partition coefficient (Wildman–Crippen LogP) is 2.41. The molecule has 2 N–H and O–H groups in total. The number of halogens is 1. The van der Waals surface area contributed by atoms with Gasteiger partial charge in [0, 0.05) is 11.4 Å². The third-order valence-corrected chi connectivity index (χ3v) is 2.48. The lowest BCUT2D eigenvalue weighted by atomic mass is 10.0. The van der Waals surface area contributed by atoms with E-state index in [1.165, 1.54) is 0 Å². The van der Waals surface area contributed by atoms with Gasteiger partial charge in [-0.15, -0.1) is 0 Å². The Hall–Kier alpha value is -1.06. The summed E-state index contributed by atoms with van der Waals surface area (Å²) in [5.74, 6) is -0.830. The molecule has 0 aliphatic carbocycles. The van der Waals surface area contributed by atoms with E-state index in [0.717, 1.165) is 5.56 Å². The molecule has 15 heavy (non-hydrogen) atoms. The largest absolute Gasteiger partial charge is 0.481 e. The van der Waals surface area contributed by atoms with E-state index in [-0.39, 0.29) is 6.42 Å². The average Bonchev–Trinajstić information content (AvgIpc) is 2.16. The molecule has 0 aliphatic heterocycles. The molecule has 1 rings (SSSR count). The van der Waals surface area contributed by atoms with Crippen molar-refractivity contribution in [1.82, 2.24) is 0 Å². The molecule has 1 atom stereocenters. The fraction of sp³-hybridized carbons (Fsp3) is 0.364. The average molecular weight is 229 g/mol. The summed E-state index contributed by atoms with van der Waals surface area (Å²) in [5, 5.41) is 18.4. The van der Waals surface area contributed by atoms with Gasteiger partial charge in [0.1, 0.15) is 0 Å². The Morgan fingerprint density at radius 3 is 2.73 bits per heavy atom. The fourth-order valence-electron chi connectivity index (χ4n) is 1.32. The number of aliphatic carboxylic acids is 1. The molecule has 0 fully saturated rings. The number of hydrogen-bond donors (Lipinski definition) is 2. The molecule has 0 saturated heterocycles. The molecule has 0 spiro atoms. The van der Waals surface area contributed by atoms with Crippen LogP contribution >= 0.6 is 11.6 Å². The van der Waals surface area contributed by atoms with Crippen molar-refractivity contribution < 1.29 is 15.0 Å². The number of carboxylic acid groups (broad SMARTS) is 1. The van der Waals surface area contributed by atoms with Crippen molar-refractivity contribution >= 4 is 17.6 Å². The number of hydrogen-bond acceptors (Lipinski definition) is 2. The summed E-state index contributed by atoms with van der Waals surface area (Å²) in [7, 11) is 0. The zero-order valence-electron chi connectivity index (χ0n) is 8.40. The van der Waals surface area contributed by atoms with Crippen LogP contribution in [0.25, 0.3) is 0 Å². The number of aliphatic hydroxyl groups is 1. The summed E-state index contributed by atoms with van der Waals surface area (Å²) in [4.78, 5) is 10.4. The summed E-state index contributed by atoms with van der Waals surface area (Å²) in [6.07, 6.45) is -0.102. The van der Waals surface area contributed by atoms with E-state index in [1.807, 2.05) is 0 Å². The van der Waals surface area contributed by atoms with Crippen molar-refractivity contribution in [2.45, 2.75) is 25.9 Å². The van der Waals surface area contributed by atoms with Gasteiger partial charge in [0.25, 0.3) is 0 Å². The van der Waals surface area contributed by atoms with Gasteiger partial charge in [-0.1, -0.05) is 23.7 Å². The number of carbonyl (C=O) groups is 1. The minimum atomic E-state index is -0.830. The van der Waals surface area contributed by atoms with Crippen molar-refractivity contribution in [2.24, 2.45) is 0 Å². The summed E-state index contributed by atoms with van der Waals surface area (Å²) in [6.45, 7) is 1.63. The van der Waals surface area contributed by atoms with Crippen LogP contribution in [0.2, 0.25) is 5.02 Å². The van der Waals surface area contributed by atoms with Crippen LogP contribution in [0, 0.1) is 0 Å². The van der Waals surface area contributed by atoms with Gasteiger partial charge in [-0.3, -0.25) is 4.79 Å². The molecule has 0 aliphatic rings. The minimum Gasteiger partial charge on any atom is -0.481 e. The van der Waals surface area contributed by atoms with Gasteiger partial charge in [-0.2, -0.15) is 0 Å². The van der Waals surface area contributed by atoms with E-state index in [2.05, 4.69) is 0 Å². The first kappa shape index (κ1) is 12.0. The number of benzene rings is 1. The monoisotopic (exact) mass is 228 g/mol. The van der Waals surface area contributed by atoms with E-state index >= 15 is 0 Å². The Balaban J connectivity index is 2.83. The molecular formula is C11H13ClO3. The minimum absolute atomic E-state index is 0.0842. The second-order valence-electron chi connectivity index (χ2n) is 3.43. The van der Waals surface area contributed by atoms with E-state index < -0.39 is 12.1 Å². The first-order valence-electron chi connectivity index (χ1n) is 4.69. The summed E-state index contributed by atoms with van der Waals surface area (Å²) in [5.41, 5.74) is 1.51. The predicted molar refractivity (Wildman–Crippen MR) is 58.0 cm³/mol. The van der Waals surface area contributed by atoms with Gasteiger partial charge < -0.3 is 10.2 Å². The van der Waals surface area contributed by atoms with Crippen LogP contribution < -0.4 is 0 Å². The normalized spacial score (nSPS) is 12.5. The summed E-state index contributed by atoms with van der Waals surface area (Å²) < 4.78 is 0. The van der Waals surface area contributed by atoms with Gasteiger partial charge in [-0.25, -0.2) is 0 Å². The molecule has 1 aromatic carbocycles. The molecule has 0 amide bonds. The van der Waals surface area contributed by atoms with Gasteiger partial charge in [0.05, 0.1) is 6.10 Å². The zero-order chi connectivity index (χ0) is 11.4. The van der Waals surface area contributed by atoms with Crippen molar-refractivity contribution in [2.75, 3.05) is 0 Å². The lowest BCUT2D eigenvalue weighted by Crippen LogP contribution is -1.99. The molecule has 1 aromatic rings. The van der Waals surface area contributed by atoms with Crippen molar-refractivity contribution in [1.29, 1.82) is 0 Å². The van der Waals surface area contributed by atoms with Crippen LogP contribution in [0.4, 0.5) is 0 Å². The fourth-order valence-corrected chi connectivity index (χ4v) is 1.60. The van der Waals surface area contributed by atoms with Crippen molar-refractivity contribution in [3.8, 4) is 0 Å². The van der Waals surface area contributed by atoms with Gasteiger partial charge in [0.15, 0.2) is 0 Å². The third-order valence-electron chi connectivity index (χ3n) is 2.14. The lowest BCUT2D eigenvalue weighted by molar-refractivity contribution is -0.136. The molecule has 0 heterocycles. The Labute approximate surface area is 93.3 Å². The van der Waals surface area contributed by atoms with Gasteiger partial charge in [0.2, 0.25) is 0 Å². The number of rotatable bonds is 4. The van der Waals surface area contributed by atoms with Gasteiger partial charge in [-0.05, 0) is 30.5 Å². The SMILES string of the molecule is C[C@H](O)c1cc(CCC(=O)O)ccc1Cl. The first-order chi connectivity index (χ1) is 7.00. The second-order valence-corrected chi connectivity index (χ2v) is 3.83. The molecule has 0 bridgehead atoms. The van der Waals surface area contributed by atoms with Crippen LogP contribution in [0.1, 0.15) is 30.6 Å². The van der Waals surface area contributed by atoms with Crippen LogP contribution in [0.5, 0.6) is 0 Å². The highest BCUT2D eigenvalue weighted by Crippen LogP contribution is 2.24. The number of carboxylic acids is 1. The molecule has 0 radical (unpaired) electrons.